The van der Waals surface area contributed by atoms with E-state index in [4.69, 9.17) is 9.40 Å². The lowest BCUT2D eigenvalue weighted by Crippen LogP contribution is -2.40. The highest BCUT2D eigenvalue weighted by atomic mass is 32.2. The second-order valence-electron chi connectivity index (χ2n) is 9.31. The summed E-state index contributed by atoms with van der Waals surface area (Å²) >= 11 is 0. The van der Waals surface area contributed by atoms with E-state index in [2.05, 4.69) is 22.9 Å². The van der Waals surface area contributed by atoms with E-state index >= 15 is 0 Å². The Kier molecular flexibility index (Phi) is 7.06. The number of aliphatic imine (C=N–C) groups is 1. The fourth-order valence-electron chi connectivity index (χ4n) is 4.71. The summed E-state index contributed by atoms with van der Waals surface area (Å²) in [6.07, 6.45) is 9.23. The van der Waals surface area contributed by atoms with Crippen LogP contribution in [0.4, 0.5) is 0 Å². The number of hydrogen-bond donors (Lipinski definition) is 0. The van der Waals surface area contributed by atoms with E-state index in [0.717, 1.165) is 36.2 Å². The number of aryl methyl sites for hydroxylation is 1. The minimum atomic E-state index is -3.28. The molecule has 3 aliphatic rings. The van der Waals surface area contributed by atoms with Crippen LogP contribution >= 0.6 is 0 Å². The number of nitrogens with zero attached hydrogens (tertiary/aromatic N) is 3. The number of hydrogen-bond acceptors (Lipinski definition) is 5. The van der Waals surface area contributed by atoms with Gasteiger partial charge in [0, 0.05) is 38.1 Å². The summed E-state index contributed by atoms with van der Waals surface area (Å²) in [5.74, 6) is 1.37. The minimum absolute atomic E-state index is 0.194. The van der Waals surface area contributed by atoms with E-state index in [-0.39, 0.29) is 16.7 Å². The first-order valence-electron chi connectivity index (χ1n) is 12.3. The van der Waals surface area contributed by atoms with Gasteiger partial charge in [-0.15, -0.1) is 0 Å². The smallest absolute Gasteiger partial charge is 0.333 e. The zero-order chi connectivity index (χ0) is 25.8. The molecular weight excluding hydrogens is 486 g/mol. The van der Waals surface area contributed by atoms with Crippen molar-refractivity contribution in [2.45, 2.75) is 30.6 Å². The first kappa shape index (κ1) is 24.7. The average molecular weight is 515 g/mol. The van der Waals surface area contributed by atoms with Crippen molar-refractivity contribution in [2.75, 3.05) is 19.3 Å². The van der Waals surface area contributed by atoms with Crippen molar-refractivity contribution >= 4 is 33.9 Å². The molecule has 0 radical (unpaired) electrons. The summed E-state index contributed by atoms with van der Waals surface area (Å²) < 4.78 is 34.2. The van der Waals surface area contributed by atoms with E-state index < -0.39 is 9.84 Å². The molecular formula is C29H28N3O4S+. The number of carbonyl (C=O) groups is 1. The van der Waals surface area contributed by atoms with Gasteiger partial charge in [-0.2, -0.15) is 0 Å². The van der Waals surface area contributed by atoms with Gasteiger partial charge < -0.3 is 9.64 Å². The molecule has 0 aliphatic carbocycles. The first-order valence-corrected chi connectivity index (χ1v) is 14.2. The maximum atomic E-state index is 12.8. The first-order chi connectivity index (χ1) is 17.9. The zero-order valence-electron chi connectivity index (χ0n) is 20.6. The lowest BCUT2D eigenvalue weighted by molar-refractivity contribution is -0.132. The third-order valence-electron chi connectivity index (χ3n) is 6.74. The molecule has 0 bridgehead atoms. The van der Waals surface area contributed by atoms with Crippen molar-refractivity contribution in [3.05, 3.63) is 89.0 Å². The molecule has 3 aliphatic heterocycles. The number of likely N-dealkylation sites (tertiary alicyclic amines) is 1. The highest BCUT2D eigenvalue weighted by molar-refractivity contribution is 7.90. The Hall–Kier alpha value is -3.96. The van der Waals surface area contributed by atoms with Crippen molar-refractivity contribution in [3.8, 4) is 5.75 Å². The van der Waals surface area contributed by atoms with Gasteiger partial charge in [-0.05, 0) is 49.1 Å². The van der Waals surface area contributed by atoms with Crippen LogP contribution in [0, 0.1) is 5.92 Å². The fraction of sp³-hybridized carbons (Fsp3) is 0.276. The van der Waals surface area contributed by atoms with Crippen LogP contribution in [0.5, 0.6) is 5.75 Å². The number of allylic oxidation sites excluding steroid dienone is 2. The molecule has 1 fully saturated rings. The molecule has 0 unspecified atom stereocenters. The number of ether oxygens (including phenoxy) is 1. The molecule has 37 heavy (non-hydrogen) atoms. The Morgan fingerprint density at radius 3 is 2.54 bits per heavy atom. The Labute approximate surface area is 216 Å². The van der Waals surface area contributed by atoms with Crippen LogP contribution in [0.25, 0.3) is 0 Å². The highest BCUT2D eigenvalue weighted by Crippen LogP contribution is 2.29. The minimum Gasteiger partial charge on any atom is -0.448 e. The summed E-state index contributed by atoms with van der Waals surface area (Å²) in [6.45, 7) is 1.40. The second-order valence-corrected chi connectivity index (χ2v) is 11.3. The van der Waals surface area contributed by atoms with Gasteiger partial charge in [0.05, 0.1) is 10.8 Å². The summed E-state index contributed by atoms with van der Waals surface area (Å²) in [5, 5.41) is 0. The standard InChI is InChI=1S/C29H28N3O4S/c1-37(34,35)24-12-10-23(11-13-24)36-26-8-5-17-30-29-25(26)20-31-28(29)22-15-18-32(19-16-22)27(33)14-9-21-6-3-2-4-7-21/h2-7,10-13,17,20,22H,9,14-16,18-19H2,1H3/q+1. The van der Waals surface area contributed by atoms with E-state index in [0.29, 0.717) is 31.0 Å². The van der Waals surface area contributed by atoms with Gasteiger partial charge in [-0.1, -0.05) is 40.7 Å². The van der Waals surface area contributed by atoms with Gasteiger partial charge in [0.25, 0.3) is 0 Å². The molecule has 188 valence electrons. The van der Waals surface area contributed by atoms with Gasteiger partial charge in [-0.3, -0.25) is 4.79 Å². The van der Waals surface area contributed by atoms with Gasteiger partial charge in [0.1, 0.15) is 11.3 Å². The van der Waals surface area contributed by atoms with E-state index in [1.807, 2.05) is 23.1 Å². The van der Waals surface area contributed by atoms with Crippen LogP contribution < -0.4 is 9.40 Å². The highest BCUT2D eigenvalue weighted by Gasteiger charge is 2.39. The van der Waals surface area contributed by atoms with Crippen LogP contribution in [0.15, 0.2) is 93.3 Å². The third-order valence-corrected chi connectivity index (χ3v) is 7.87. The Morgan fingerprint density at radius 1 is 1.11 bits per heavy atom. The second kappa shape index (κ2) is 10.6. The lowest BCUT2D eigenvalue weighted by atomic mass is 9.89. The van der Waals surface area contributed by atoms with E-state index in [9.17, 15) is 13.2 Å². The van der Waals surface area contributed by atoms with Crippen molar-refractivity contribution in [1.82, 2.24) is 9.57 Å². The number of sulfone groups is 1. The quantitative estimate of drug-likeness (QED) is 0.419. The van der Waals surface area contributed by atoms with E-state index in [1.54, 1.807) is 30.6 Å². The maximum absolute atomic E-state index is 12.8. The molecule has 7 nitrogen and oxygen atoms in total. The molecule has 3 heterocycles. The van der Waals surface area contributed by atoms with Crippen LogP contribution in [0.2, 0.25) is 0 Å². The normalized spacial score (nSPS) is 17.4. The largest absolute Gasteiger partial charge is 0.448 e. The molecule has 1 saturated heterocycles. The van der Waals surface area contributed by atoms with Crippen molar-refractivity contribution in [3.63, 3.8) is 0 Å². The van der Waals surface area contributed by atoms with Crippen molar-refractivity contribution in [1.29, 1.82) is 0 Å². The number of amides is 1. The topological polar surface area (TPSA) is 90.1 Å². The van der Waals surface area contributed by atoms with Gasteiger partial charge in [0.2, 0.25) is 5.91 Å². The zero-order valence-corrected chi connectivity index (χ0v) is 21.4. The van der Waals surface area contributed by atoms with Crippen LogP contribution in [0.3, 0.4) is 0 Å². The molecule has 0 spiro atoms. The number of piperidine rings is 1. The van der Waals surface area contributed by atoms with Gasteiger partial charge in [0.15, 0.2) is 21.3 Å². The molecule has 0 N–H and O–H groups in total. The van der Waals surface area contributed by atoms with Gasteiger partial charge >= 0.3 is 11.9 Å². The molecule has 2 aromatic carbocycles. The predicted molar refractivity (Wildman–Crippen MR) is 145 cm³/mol. The number of rotatable bonds is 7. The molecule has 1 amide bonds. The number of benzene rings is 2. The molecule has 0 saturated carbocycles. The average Bonchev–Trinajstić information content (AvgIpc) is 3.23. The SMILES string of the molecule is CS(=O)(=O)c1ccc(OC2=C=CC=NC3=C2C=[N+]=C3C2CCN(C(=O)CCc3ccccc3)CC2)cc1. The molecule has 8 heteroatoms. The maximum Gasteiger partial charge on any atom is 0.333 e. The van der Waals surface area contributed by atoms with Crippen molar-refractivity contribution in [2.24, 2.45) is 10.9 Å². The monoisotopic (exact) mass is 514 g/mol. The molecule has 2 aromatic rings. The fourth-order valence-corrected chi connectivity index (χ4v) is 5.34. The molecule has 5 rings (SSSR count). The Balaban J connectivity index is 1.22. The molecule has 0 atom stereocenters. The third kappa shape index (κ3) is 5.73. The van der Waals surface area contributed by atoms with Gasteiger partial charge in [-0.25, -0.2) is 13.4 Å². The summed E-state index contributed by atoms with van der Waals surface area (Å²) in [4.78, 5) is 19.6. The van der Waals surface area contributed by atoms with Crippen LogP contribution in [0.1, 0.15) is 24.8 Å². The van der Waals surface area contributed by atoms with Crippen molar-refractivity contribution < 1.29 is 17.9 Å². The van der Waals surface area contributed by atoms with Crippen LogP contribution in [-0.2, 0) is 21.1 Å². The van der Waals surface area contributed by atoms with E-state index in [1.165, 1.54) is 24.0 Å². The Bertz CT molecular complexity index is 1500. The summed E-state index contributed by atoms with van der Waals surface area (Å²) in [6, 6.07) is 16.4. The summed E-state index contributed by atoms with van der Waals surface area (Å²) in [5.41, 5.74) is 6.70. The summed E-state index contributed by atoms with van der Waals surface area (Å²) in [7, 11) is -3.28. The predicted octanol–water partition coefficient (Wildman–Crippen LogP) is 3.31. The Morgan fingerprint density at radius 2 is 1.84 bits per heavy atom. The molecule has 0 aromatic heterocycles. The number of carbonyl (C=O) groups excluding carboxylic acids is 1. The lowest BCUT2D eigenvalue weighted by Gasteiger charge is -2.30. The van der Waals surface area contributed by atoms with Crippen LogP contribution in [-0.4, -0.2) is 56.7 Å².